The quantitative estimate of drug-likeness (QED) is 0.295. The Morgan fingerprint density at radius 3 is 2.95 bits per heavy atom. The Morgan fingerprint density at radius 2 is 2.21 bits per heavy atom. The van der Waals surface area contributed by atoms with E-state index in [2.05, 4.69) is 15.3 Å². The fraction of sp³-hybridized carbons (Fsp3) is 0.231. The van der Waals surface area contributed by atoms with Gasteiger partial charge in [-0.15, -0.1) is 0 Å². The number of carbonyl (C=O) groups excluding carboxylic acids is 2. The van der Waals surface area contributed by atoms with E-state index < -0.39 is 11.7 Å². The van der Waals surface area contributed by atoms with Crippen LogP contribution in [0.2, 0.25) is 0 Å². The SMILES string of the molecule is Cc1ccc2c(c1C=CCCN=[N+]=[N-])C(=O)C(=O)N2. The van der Waals surface area contributed by atoms with Gasteiger partial charge in [0.1, 0.15) is 0 Å². The summed E-state index contributed by atoms with van der Waals surface area (Å²) in [4.78, 5) is 25.8. The minimum atomic E-state index is -0.593. The number of ketones is 1. The van der Waals surface area contributed by atoms with E-state index in [1.54, 1.807) is 12.1 Å². The summed E-state index contributed by atoms with van der Waals surface area (Å²) in [6, 6.07) is 3.58. The third-order valence-electron chi connectivity index (χ3n) is 2.89. The van der Waals surface area contributed by atoms with Crippen molar-refractivity contribution in [3.63, 3.8) is 0 Å². The Morgan fingerprint density at radius 1 is 1.42 bits per heavy atom. The highest BCUT2D eigenvalue weighted by molar-refractivity contribution is 6.52. The van der Waals surface area contributed by atoms with Gasteiger partial charge in [0, 0.05) is 11.5 Å². The first-order chi connectivity index (χ1) is 9.15. The molecule has 0 spiro atoms. The van der Waals surface area contributed by atoms with Crippen LogP contribution in [0.4, 0.5) is 5.69 Å². The molecule has 1 aromatic carbocycles. The van der Waals surface area contributed by atoms with Crippen molar-refractivity contribution in [3.05, 3.63) is 45.3 Å². The number of amides is 1. The molecule has 0 bridgehead atoms. The van der Waals surface area contributed by atoms with E-state index in [4.69, 9.17) is 5.53 Å². The average molecular weight is 256 g/mol. The molecule has 0 fully saturated rings. The number of nitrogens with zero attached hydrogens (tertiary/aromatic N) is 3. The van der Waals surface area contributed by atoms with Gasteiger partial charge in [-0.3, -0.25) is 9.59 Å². The molecule has 0 aromatic heterocycles. The minimum Gasteiger partial charge on any atom is -0.318 e. The summed E-state index contributed by atoms with van der Waals surface area (Å²) in [7, 11) is 0. The first-order valence-corrected chi connectivity index (χ1v) is 5.82. The minimum absolute atomic E-state index is 0.367. The number of carbonyl (C=O) groups is 2. The van der Waals surface area contributed by atoms with Gasteiger partial charge in [-0.2, -0.15) is 0 Å². The van der Waals surface area contributed by atoms with Crippen molar-refractivity contribution in [1.82, 2.24) is 0 Å². The van der Waals surface area contributed by atoms with Gasteiger partial charge in [0.05, 0.1) is 11.3 Å². The van der Waals surface area contributed by atoms with Crippen LogP contribution in [0.3, 0.4) is 0 Å². The molecule has 0 radical (unpaired) electrons. The Labute approximate surface area is 109 Å². The van der Waals surface area contributed by atoms with Gasteiger partial charge < -0.3 is 5.32 Å². The molecule has 1 aliphatic heterocycles. The summed E-state index contributed by atoms with van der Waals surface area (Å²) in [6.45, 7) is 2.25. The molecule has 1 amide bonds. The smallest absolute Gasteiger partial charge is 0.296 e. The molecule has 0 saturated carbocycles. The molecule has 0 unspecified atom stereocenters. The Bertz CT molecular complexity index is 628. The van der Waals surface area contributed by atoms with Crippen LogP contribution >= 0.6 is 0 Å². The summed E-state index contributed by atoms with van der Waals surface area (Å²) >= 11 is 0. The third-order valence-corrected chi connectivity index (χ3v) is 2.89. The average Bonchev–Trinajstić information content (AvgIpc) is 2.68. The highest BCUT2D eigenvalue weighted by Crippen LogP contribution is 2.29. The van der Waals surface area contributed by atoms with Crippen LogP contribution < -0.4 is 5.32 Å². The van der Waals surface area contributed by atoms with Crippen LogP contribution in [0.5, 0.6) is 0 Å². The summed E-state index contributed by atoms with van der Waals surface area (Å²) in [5, 5.41) is 5.96. The fourth-order valence-electron chi connectivity index (χ4n) is 1.96. The Kier molecular flexibility index (Phi) is 3.63. The molecule has 6 heteroatoms. The zero-order chi connectivity index (χ0) is 13.8. The van der Waals surface area contributed by atoms with Crippen LogP contribution in [0.25, 0.3) is 16.5 Å². The number of fused-ring (bicyclic) bond motifs is 1. The van der Waals surface area contributed by atoms with E-state index in [0.717, 1.165) is 11.1 Å². The standard InChI is InChI=1S/C13H12N4O2/c1-8-5-6-10-11(12(18)13(19)16-10)9(8)4-2-3-7-15-17-14/h2,4-6H,3,7H2,1H3,(H,16,18,19). The normalized spacial score (nSPS) is 13.3. The molecule has 1 heterocycles. The number of hydrogen-bond acceptors (Lipinski definition) is 3. The largest absolute Gasteiger partial charge is 0.318 e. The first-order valence-electron chi connectivity index (χ1n) is 5.82. The summed E-state index contributed by atoms with van der Waals surface area (Å²) in [5.41, 5.74) is 10.8. The van der Waals surface area contributed by atoms with Crippen molar-refractivity contribution in [2.75, 3.05) is 11.9 Å². The molecule has 1 N–H and O–H groups in total. The van der Waals surface area contributed by atoms with Gasteiger partial charge in [-0.25, -0.2) is 0 Å². The van der Waals surface area contributed by atoms with Crippen molar-refractivity contribution in [2.45, 2.75) is 13.3 Å². The molecular weight excluding hydrogens is 244 g/mol. The lowest BCUT2D eigenvalue weighted by molar-refractivity contribution is -0.112. The molecule has 2 rings (SSSR count). The molecule has 19 heavy (non-hydrogen) atoms. The number of anilines is 1. The summed E-state index contributed by atoms with van der Waals surface area (Å²) in [6.07, 6.45) is 4.20. The lowest BCUT2D eigenvalue weighted by Gasteiger charge is -2.05. The zero-order valence-corrected chi connectivity index (χ0v) is 10.4. The van der Waals surface area contributed by atoms with Crippen molar-refractivity contribution < 1.29 is 9.59 Å². The van der Waals surface area contributed by atoms with Crippen molar-refractivity contribution >= 4 is 23.5 Å². The van der Waals surface area contributed by atoms with Crippen molar-refractivity contribution in [1.29, 1.82) is 0 Å². The van der Waals surface area contributed by atoms with Gasteiger partial charge in [-0.1, -0.05) is 23.3 Å². The summed E-state index contributed by atoms with van der Waals surface area (Å²) < 4.78 is 0. The topological polar surface area (TPSA) is 94.9 Å². The number of Topliss-reactive ketones (excluding diaryl/α,β-unsaturated/α-hetero) is 1. The second kappa shape index (κ2) is 5.37. The van der Waals surface area contributed by atoms with Crippen LogP contribution in [-0.2, 0) is 4.79 Å². The van der Waals surface area contributed by atoms with Crippen LogP contribution in [0.1, 0.15) is 27.9 Å². The number of azide groups is 1. The summed E-state index contributed by atoms with van der Waals surface area (Å²) in [5.74, 6) is -1.10. The van der Waals surface area contributed by atoms with Crippen molar-refractivity contribution in [3.8, 4) is 0 Å². The van der Waals surface area contributed by atoms with E-state index in [1.807, 2.05) is 19.1 Å². The van der Waals surface area contributed by atoms with E-state index in [9.17, 15) is 9.59 Å². The molecule has 0 saturated heterocycles. The molecule has 1 aliphatic rings. The maximum Gasteiger partial charge on any atom is 0.296 e. The molecule has 1 aromatic rings. The van der Waals surface area contributed by atoms with E-state index >= 15 is 0 Å². The number of nitrogens with one attached hydrogen (secondary N) is 1. The number of hydrogen-bond donors (Lipinski definition) is 1. The number of benzene rings is 1. The van der Waals surface area contributed by atoms with E-state index in [0.29, 0.717) is 24.2 Å². The highest BCUT2D eigenvalue weighted by Gasteiger charge is 2.30. The molecular formula is C13H12N4O2. The van der Waals surface area contributed by atoms with Gasteiger partial charge >= 0.3 is 0 Å². The molecule has 96 valence electrons. The van der Waals surface area contributed by atoms with Gasteiger partial charge in [-0.05, 0) is 36.1 Å². The maximum absolute atomic E-state index is 11.8. The van der Waals surface area contributed by atoms with Crippen molar-refractivity contribution in [2.24, 2.45) is 5.11 Å². The van der Waals surface area contributed by atoms with Crippen LogP contribution in [0.15, 0.2) is 23.3 Å². The third kappa shape index (κ3) is 2.48. The lowest BCUT2D eigenvalue weighted by Crippen LogP contribution is -2.13. The van der Waals surface area contributed by atoms with E-state index in [-0.39, 0.29) is 0 Å². The van der Waals surface area contributed by atoms with Gasteiger partial charge in [0.2, 0.25) is 0 Å². The molecule has 6 nitrogen and oxygen atoms in total. The monoisotopic (exact) mass is 256 g/mol. The predicted molar refractivity (Wildman–Crippen MR) is 71.8 cm³/mol. The molecule has 0 aliphatic carbocycles. The number of rotatable bonds is 4. The second-order valence-corrected chi connectivity index (χ2v) is 4.15. The maximum atomic E-state index is 11.8. The van der Waals surface area contributed by atoms with Gasteiger partial charge in [0.25, 0.3) is 11.7 Å². The lowest BCUT2D eigenvalue weighted by atomic mass is 9.98. The zero-order valence-electron chi connectivity index (χ0n) is 10.4. The van der Waals surface area contributed by atoms with Crippen LogP contribution in [0, 0.1) is 6.92 Å². The number of aryl methyl sites for hydroxylation is 1. The first kappa shape index (κ1) is 12.9. The predicted octanol–water partition coefficient (Wildman–Crippen LogP) is 2.84. The highest BCUT2D eigenvalue weighted by atomic mass is 16.2. The van der Waals surface area contributed by atoms with E-state index in [1.165, 1.54) is 0 Å². The fourth-order valence-corrected chi connectivity index (χ4v) is 1.96. The Balaban J connectivity index is 2.31. The van der Waals surface area contributed by atoms with Crippen LogP contribution in [-0.4, -0.2) is 18.2 Å². The van der Waals surface area contributed by atoms with Gasteiger partial charge in [0.15, 0.2) is 0 Å². The Hall–Kier alpha value is -2.59. The molecule has 0 atom stereocenters. The second-order valence-electron chi connectivity index (χ2n) is 4.15.